The molecule has 26 heavy (non-hydrogen) atoms. The lowest BCUT2D eigenvalue weighted by atomic mass is 9.93. The largest absolute Gasteiger partial charge is 0.508 e. The summed E-state index contributed by atoms with van der Waals surface area (Å²) in [6.07, 6.45) is 0. The molecule has 0 saturated carbocycles. The fourth-order valence-electron chi connectivity index (χ4n) is 3.64. The van der Waals surface area contributed by atoms with Crippen molar-refractivity contribution in [3.05, 3.63) is 63.2 Å². The van der Waals surface area contributed by atoms with Gasteiger partial charge in [0.05, 0.1) is 11.1 Å². The summed E-state index contributed by atoms with van der Waals surface area (Å²) < 4.78 is 0.993. The Morgan fingerprint density at radius 1 is 0.846 bits per heavy atom. The number of benzene rings is 3. The third-order valence-corrected chi connectivity index (χ3v) is 5.66. The lowest BCUT2D eigenvalue weighted by Gasteiger charge is -2.10. The summed E-state index contributed by atoms with van der Waals surface area (Å²) in [5, 5.41) is 13.7. The van der Waals surface area contributed by atoms with Crippen LogP contribution in [0.25, 0.3) is 32.9 Å². The number of hydrogen-bond acceptors (Lipinski definition) is 3. The minimum absolute atomic E-state index is 0.110. The fraction of sp³-hybridized carbons (Fsp3) is 0. The first kappa shape index (κ1) is 15.4. The molecule has 1 aromatic heterocycles. The molecule has 1 aliphatic heterocycles. The van der Waals surface area contributed by atoms with Gasteiger partial charge in [0.1, 0.15) is 5.75 Å². The van der Waals surface area contributed by atoms with Crippen molar-refractivity contribution in [2.75, 3.05) is 0 Å². The normalized spacial score (nSPS) is 13.4. The number of aromatic amines is 1. The average molecular weight is 454 g/mol. The number of hydrogen-bond donors (Lipinski definition) is 3. The number of aromatic hydroxyl groups is 1. The van der Waals surface area contributed by atoms with Crippen LogP contribution in [0, 0.1) is 3.57 Å². The number of aromatic nitrogens is 1. The maximum atomic E-state index is 12.6. The third-order valence-electron chi connectivity index (χ3n) is 4.71. The summed E-state index contributed by atoms with van der Waals surface area (Å²) in [5.41, 5.74) is 3.92. The molecular weight excluding hydrogens is 443 g/mol. The van der Waals surface area contributed by atoms with E-state index in [2.05, 4.69) is 32.9 Å². The number of amides is 2. The van der Waals surface area contributed by atoms with E-state index < -0.39 is 11.8 Å². The molecule has 3 aromatic carbocycles. The number of imide groups is 1. The van der Waals surface area contributed by atoms with Crippen molar-refractivity contribution in [3.8, 4) is 16.9 Å². The van der Waals surface area contributed by atoms with Crippen LogP contribution in [0.3, 0.4) is 0 Å². The van der Waals surface area contributed by atoms with Gasteiger partial charge in [-0.3, -0.25) is 14.9 Å². The van der Waals surface area contributed by atoms with E-state index in [9.17, 15) is 14.7 Å². The molecule has 0 radical (unpaired) electrons. The van der Waals surface area contributed by atoms with Gasteiger partial charge in [-0.2, -0.15) is 0 Å². The molecule has 0 atom stereocenters. The zero-order valence-corrected chi connectivity index (χ0v) is 15.4. The Bertz CT molecular complexity index is 1270. The van der Waals surface area contributed by atoms with E-state index in [1.165, 1.54) is 0 Å². The Labute approximate surface area is 161 Å². The highest BCUT2D eigenvalue weighted by Crippen LogP contribution is 2.40. The van der Waals surface area contributed by atoms with Crippen LogP contribution in [0.1, 0.15) is 20.7 Å². The Morgan fingerprint density at radius 3 is 2.42 bits per heavy atom. The molecule has 1 aliphatic rings. The number of phenols is 1. The van der Waals surface area contributed by atoms with Gasteiger partial charge in [-0.1, -0.05) is 18.2 Å². The quantitative estimate of drug-likeness (QED) is 0.298. The lowest BCUT2D eigenvalue weighted by Crippen LogP contribution is -2.20. The van der Waals surface area contributed by atoms with Gasteiger partial charge in [0.15, 0.2) is 0 Å². The number of H-pyrrole nitrogens is 1. The number of phenolic OH excluding ortho intramolecular Hbond substituents is 1. The molecule has 0 unspecified atom stereocenters. The van der Waals surface area contributed by atoms with Crippen LogP contribution in [0.15, 0.2) is 48.5 Å². The standard InChI is InChI=1S/C20H11IN2O3/c21-13-4-2-1-3-10(13)11-8-15-16(18-17(11)19(25)23-20(18)26)12-7-9(24)5-6-14(12)22-15/h1-8,22,24H,(H,23,25,26). The van der Waals surface area contributed by atoms with Crippen molar-refractivity contribution in [2.45, 2.75) is 0 Å². The predicted octanol–water partition coefficient (Wildman–Crippen LogP) is 4.18. The Morgan fingerprint density at radius 2 is 1.62 bits per heavy atom. The van der Waals surface area contributed by atoms with E-state index >= 15 is 0 Å². The van der Waals surface area contributed by atoms with Crippen LogP contribution in [-0.4, -0.2) is 21.9 Å². The second-order valence-electron chi connectivity index (χ2n) is 6.21. The van der Waals surface area contributed by atoms with Gasteiger partial charge >= 0.3 is 0 Å². The van der Waals surface area contributed by atoms with E-state index in [4.69, 9.17) is 0 Å². The summed E-state index contributed by atoms with van der Waals surface area (Å²) in [4.78, 5) is 28.4. The zero-order valence-electron chi connectivity index (χ0n) is 13.3. The minimum atomic E-state index is -0.410. The van der Waals surface area contributed by atoms with E-state index in [-0.39, 0.29) is 5.75 Å². The number of fused-ring (bicyclic) bond motifs is 5. The van der Waals surface area contributed by atoms with Gasteiger partial charge in [-0.05, 0) is 64.0 Å². The minimum Gasteiger partial charge on any atom is -0.508 e. The molecule has 5 nitrogen and oxygen atoms in total. The van der Waals surface area contributed by atoms with Crippen molar-refractivity contribution < 1.29 is 14.7 Å². The maximum absolute atomic E-state index is 12.6. The van der Waals surface area contributed by atoms with Gasteiger partial charge in [-0.25, -0.2) is 0 Å². The number of halogens is 1. The number of carbonyl (C=O) groups excluding carboxylic acids is 2. The first-order valence-corrected chi connectivity index (χ1v) is 9.04. The fourth-order valence-corrected chi connectivity index (χ4v) is 4.32. The van der Waals surface area contributed by atoms with Gasteiger partial charge in [0, 0.05) is 25.4 Å². The van der Waals surface area contributed by atoms with E-state index in [0.29, 0.717) is 16.5 Å². The Balaban J connectivity index is 2.00. The second-order valence-corrected chi connectivity index (χ2v) is 7.38. The summed E-state index contributed by atoms with van der Waals surface area (Å²) in [7, 11) is 0. The van der Waals surface area contributed by atoms with Crippen molar-refractivity contribution in [2.24, 2.45) is 0 Å². The SMILES string of the molecule is O=C1NC(=O)c2c1c(-c1ccccc1I)cc1[nH]c3ccc(O)cc3c21. The van der Waals surface area contributed by atoms with Gasteiger partial charge < -0.3 is 10.1 Å². The molecule has 2 heterocycles. The maximum Gasteiger partial charge on any atom is 0.259 e. The summed E-state index contributed by atoms with van der Waals surface area (Å²) in [6, 6.07) is 14.6. The summed E-state index contributed by atoms with van der Waals surface area (Å²) in [5.74, 6) is -0.693. The monoisotopic (exact) mass is 454 g/mol. The Hall–Kier alpha value is -2.87. The van der Waals surface area contributed by atoms with Gasteiger partial charge in [-0.15, -0.1) is 0 Å². The van der Waals surface area contributed by atoms with Gasteiger partial charge in [0.2, 0.25) is 0 Å². The van der Waals surface area contributed by atoms with Gasteiger partial charge in [0.25, 0.3) is 11.8 Å². The van der Waals surface area contributed by atoms with Crippen LogP contribution in [0.2, 0.25) is 0 Å². The molecule has 3 N–H and O–H groups in total. The average Bonchev–Trinajstić information content (AvgIpc) is 3.11. The molecule has 2 amide bonds. The Kier molecular flexibility index (Phi) is 3.14. The molecule has 4 aromatic rings. The van der Waals surface area contributed by atoms with Crippen LogP contribution in [0.4, 0.5) is 0 Å². The third kappa shape index (κ3) is 2.02. The predicted molar refractivity (Wildman–Crippen MR) is 107 cm³/mol. The first-order chi connectivity index (χ1) is 12.5. The lowest BCUT2D eigenvalue weighted by molar-refractivity contribution is 0.0880. The second kappa shape index (κ2) is 5.31. The van der Waals surface area contributed by atoms with Crippen LogP contribution >= 0.6 is 22.6 Å². The zero-order chi connectivity index (χ0) is 18.0. The molecule has 0 spiro atoms. The highest BCUT2D eigenvalue weighted by molar-refractivity contribution is 14.1. The van der Waals surface area contributed by atoms with E-state index in [1.807, 2.05) is 30.3 Å². The molecule has 0 bridgehead atoms. The van der Waals surface area contributed by atoms with E-state index in [1.54, 1.807) is 18.2 Å². The molecule has 0 aliphatic carbocycles. The molecular formula is C20H11IN2O3. The van der Waals surface area contributed by atoms with Crippen LogP contribution in [0.5, 0.6) is 5.75 Å². The molecule has 0 fully saturated rings. The number of carbonyl (C=O) groups is 2. The van der Waals surface area contributed by atoms with Crippen molar-refractivity contribution in [1.29, 1.82) is 0 Å². The van der Waals surface area contributed by atoms with E-state index in [0.717, 1.165) is 31.1 Å². The summed E-state index contributed by atoms with van der Waals surface area (Å²) in [6.45, 7) is 0. The number of rotatable bonds is 1. The first-order valence-electron chi connectivity index (χ1n) is 7.96. The van der Waals surface area contributed by atoms with Crippen molar-refractivity contribution in [3.63, 3.8) is 0 Å². The van der Waals surface area contributed by atoms with Crippen molar-refractivity contribution >= 4 is 56.2 Å². The number of nitrogens with one attached hydrogen (secondary N) is 2. The summed E-state index contributed by atoms with van der Waals surface area (Å²) >= 11 is 2.22. The molecule has 6 heteroatoms. The highest BCUT2D eigenvalue weighted by atomic mass is 127. The van der Waals surface area contributed by atoms with Crippen LogP contribution in [-0.2, 0) is 0 Å². The molecule has 5 rings (SSSR count). The molecule has 0 saturated heterocycles. The molecule has 126 valence electrons. The van der Waals surface area contributed by atoms with Crippen LogP contribution < -0.4 is 5.32 Å². The topological polar surface area (TPSA) is 82.2 Å². The smallest absolute Gasteiger partial charge is 0.259 e. The van der Waals surface area contributed by atoms with Crippen molar-refractivity contribution in [1.82, 2.24) is 10.3 Å². The highest BCUT2D eigenvalue weighted by Gasteiger charge is 2.34.